The third-order valence-electron chi connectivity index (χ3n) is 6.55. The summed E-state index contributed by atoms with van der Waals surface area (Å²) in [4.78, 5) is 11.1. The number of hydrogen-bond donors (Lipinski definition) is 1. The third kappa shape index (κ3) is 4.09. The van der Waals surface area contributed by atoms with Crippen molar-refractivity contribution < 1.29 is 38.0 Å². The summed E-state index contributed by atoms with van der Waals surface area (Å²) in [5.74, 6) is 2.25. The highest BCUT2D eigenvalue weighted by Crippen LogP contribution is 2.45. The summed E-state index contributed by atoms with van der Waals surface area (Å²) < 4.78 is 44.1. The fourth-order valence-electron chi connectivity index (χ4n) is 4.94. The van der Waals surface area contributed by atoms with Crippen LogP contribution in [0.15, 0.2) is 48.5 Å². The van der Waals surface area contributed by atoms with E-state index in [2.05, 4.69) is 0 Å². The zero-order chi connectivity index (χ0) is 23.9. The number of aliphatic carboxylic acids is 1. The smallest absolute Gasteiger partial charge is 0.304 e. The van der Waals surface area contributed by atoms with Crippen molar-refractivity contribution in [2.24, 2.45) is 0 Å². The fourth-order valence-corrected chi connectivity index (χ4v) is 4.94. The molecule has 0 radical (unpaired) electrons. The largest absolute Gasteiger partial charge is 0.492 e. The first-order valence-electron chi connectivity index (χ1n) is 11.6. The van der Waals surface area contributed by atoms with E-state index < -0.39 is 12.1 Å². The van der Waals surface area contributed by atoms with Gasteiger partial charge >= 0.3 is 5.97 Å². The summed E-state index contributed by atoms with van der Waals surface area (Å²) in [6.45, 7) is 1.32. The molecule has 0 aromatic heterocycles. The van der Waals surface area contributed by atoms with Gasteiger partial charge in [-0.25, -0.2) is 4.39 Å². The Morgan fingerprint density at radius 2 is 1.77 bits per heavy atom. The Morgan fingerprint density at radius 1 is 0.971 bits per heavy atom. The van der Waals surface area contributed by atoms with Gasteiger partial charge in [0.25, 0.3) is 0 Å². The SMILES string of the molecule is O=C(O)CC1COc2cc(O[C@@H]3CCc4c(Oc5ccc6c(c5)OCCO6)ccc(F)c43)ccc21. The third-order valence-corrected chi connectivity index (χ3v) is 6.55. The molecule has 7 nitrogen and oxygen atoms in total. The first-order chi connectivity index (χ1) is 17.0. The van der Waals surface area contributed by atoms with Crippen LogP contribution in [0, 0.1) is 5.82 Å². The van der Waals surface area contributed by atoms with Gasteiger partial charge in [-0.3, -0.25) is 4.79 Å². The first-order valence-corrected chi connectivity index (χ1v) is 11.6. The lowest BCUT2D eigenvalue weighted by Gasteiger charge is -2.19. The van der Waals surface area contributed by atoms with Gasteiger partial charge in [0.1, 0.15) is 48.1 Å². The van der Waals surface area contributed by atoms with Crippen LogP contribution in [-0.2, 0) is 11.2 Å². The Labute approximate surface area is 201 Å². The number of carboxylic acids is 1. The van der Waals surface area contributed by atoms with Crippen molar-refractivity contribution >= 4 is 5.97 Å². The summed E-state index contributed by atoms with van der Waals surface area (Å²) in [7, 11) is 0. The van der Waals surface area contributed by atoms with E-state index in [9.17, 15) is 9.18 Å². The van der Waals surface area contributed by atoms with E-state index in [0.29, 0.717) is 72.7 Å². The number of carbonyl (C=O) groups is 1. The quantitative estimate of drug-likeness (QED) is 0.507. The maximum atomic E-state index is 14.9. The molecule has 3 aromatic rings. The molecule has 180 valence electrons. The van der Waals surface area contributed by atoms with E-state index in [4.69, 9.17) is 28.8 Å². The molecular formula is C27H23FO7. The maximum Gasteiger partial charge on any atom is 0.304 e. The molecule has 3 aromatic carbocycles. The van der Waals surface area contributed by atoms with Crippen LogP contribution in [0.5, 0.6) is 34.5 Å². The van der Waals surface area contributed by atoms with Crippen LogP contribution < -0.4 is 23.7 Å². The van der Waals surface area contributed by atoms with Gasteiger partial charge in [0.15, 0.2) is 11.5 Å². The predicted octanol–water partition coefficient (Wildman–Crippen LogP) is 5.41. The molecule has 0 spiro atoms. The molecule has 1 aliphatic carbocycles. The van der Waals surface area contributed by atoms with Crippen LogP contribution in [0.25, 0.3) is 0 Å². The van der Waals surface area contributed by atoms with Gasteiger partial charge in [-0.05, 0) is 43.2 Å². The lowest BCUT2D eigenvalue weighted by Crippen LogP contribution is -2.15. The second-order valence-corrected chi connectivity index (χ2v) is 8.80. The molecule has 3 aliphatic rings. The number of ether oxygens (including phenoxy) is 5. The van der Waals surface area contributed by atoms with E-state index in [-0.39, 0.29) is 18.2 Å². The zero-order valence-corrected chi connectivity index (χ0v) is 18.8. The molecule has 1 unspecified atom stereocenters. The summed E-state index contributed by atoms with van der Waals surface area (Å²) in [5.41, 5.74) is 2.13. The van der Waals surface area contributed by atoms with Gasteiger partial charge in [0.05, 0.1) is 13.0 Å². The molecule has 0 bridgehead atoms. The summed E-state index contributed by atoms with van der Waals surface area (Å²) in [5, 5.41) is 9.09. The van der Waals surface area contributed by atoms with Crippen LogP contribution in [0.2, 0.25) is 0 Å². The summed E-state index contributed by atoms with van der Waals surface area (Å²) in [6.07, 6.45) is 0.760. The second-order valence-electron chi connectivity index (χ2n) is 8.80. The number of hydrogen-bond acceptors (Lipinski definition) is 6. The molecular weight excluding hydrogens is 455 g/mol. The van der Waals surface area contributed by atoms with Crippen LogP contribution in [0.4, 0.5) is 4.39 Å². The highest BCUT2D eigenvalue weighted by Gasteiger charge is 2.32. The second kappa shape index (κ2) is 8.69. The zero-order valence-electron chi connectivity index (χ0n) is 18.8. The predicted molar refractivity (Wildman–Crippen MR) is 123 cm³/mol. The van der Waals surface area contributed by atoms with Crippen molar-refractivity contribution in [2.75, 3.05) is 19.8 Å². The maximum absolute atomic E-state index is 14.9. The van der Waals surface area contributed by atoms with Crippen LogP contribution in [0.1, 0.15) is 41.6 Å². The van der Waals surface area contributed by atoms with E-state index >= 15 is 0 Å². The van der Waals surface area contributed by atoms with Gasteiger partial charge in [-0.1, -0.05) is 6.07 Å². The average molecular weight is 478 g/mol. The number of benzene rings is 3. The van der Waals surface area contributed by atoms with E-state index in [0.717, 1.165) is 11.1 Å². The molecule has 35 heavy (non-hydrogen) atoms. The van der Waals surface area contributed by atoms with Gasteiger partial charge in [-0.2, -0.15) is 0 Å². The minimum absolute atomic E-state index is 0.0144. The van der Waals surface area contributed by atoms with Crippen molar-refractivity contribution in [3.05, 3.63) is 71.0 Å². The molecule has 2 heterocycles. The van der Waals surface area contributed by atoms with Crippen LogP contribution in [0.3, 0.4) is 0 Å². The van der Waals surface area contributed by atoms with Gasteiger partial charge < -0.3 is 28.8 Å². The highest BCUT2D eigenvalue weighted by atomic mass is 19.1. The normalized spacial score (nSPS) is 19.5. The number of rotatable bonds is 6. The Morgan fingerprint density at radius 3 is 2.63 bits per heavy atom. The van der Waals surface area contributed by atoms with Crippen molar-refractivity contribution in [1.29, 1.82) is 0 Å². The number of halogens is 1. The Balaban J connectivity index is 1.22. The molecule has 2 aliphatic heterocycles. The molecule has 1 N–H and O–H groups in total. The van der Waals surface area contributed by atoms with Crippen molar-refractivity contribution in [1.82, 2.24) is 0 Å². The Bertz CT molecular complexity index is 1300. The fraction of sp³-hybridized carbons (Fsp3) is 0.296. The van der Waals surface area contributed by atoms with E-state index in [1.54, 1.807) is 36.4 Å². The standard InChI is InChI=1S/C27H23FO7/c28-20-5-8-21(34-17-2-6-22-25(13-17)32-10-9-31-22)19-4-7-23(27(19)20)35-16-1-3-18-15(11-26(29)30)14-33-24(18)12-16/h1-3,5-6,8,12-13,15,23H,4,7,9-11,14H2,(H,29,30)/t15?,23-/m1/s1. The molecule has 6 rings (SSSR count). The van der Waals surface area contributed by atoms with E-state index in [1.807, 2.05) is 6.07 Å². The lowest BCUT2D eigenvalue weighted by molar-refractivity contribution is -0.137. The monoisotopic (exact) mass is 478 g/mol. The molecule has 2 atom stereocenters. The summed E-state index contributed by atoms with van der Waals surface area (Å²) in [6, 6.07) is 13.8. The molecule has 0 fully saturated rings. The van der Waals surface area contributed by atoms with Gasteiger partial charge in [0, 0.05) is 34.7 Å². The van der Waals surface area contributed by atoms with Crippen molar-refractivity contribution in [2.45, 2.75) is 31.3 Å². The highest BCUT2D eigenvalue weighted by molar-refractivity contribution is 5.69. The van der Waals surface area contributed by atoms with E-state index in [1.165, 1.54) is 6.07 Å². The van der Waals surface area contributed by atoms with Crippen molar-refractivity contribution in [3.63, 3.8) is 0 Å². The van der Waals surface area contributed by atoms with Crippen LogP contribution >= 0.6 is 0 Å². The first kappa shape index (κ1) is 21.6. The summed E-state index contributed by atoms with van der Waals surface area (Å²) >= 11 is 0. The minimum atomic E-state index is -0.862. The molecule has 8 heteroatoms. The minimum Gasteiger partial charge on any atom is -0.492 e. The number of carboxylic acid groups (broad SMARTS) is 1. The van der Waals surface area contributed by atoms with Crippen molar-refractivity contribution in [3.8, 4) is 34.5 Å². The molecule has 0 saturated heterocycles. The Kier molecular flexibility index (Phi) is 5.36. The van der Waals surface area contributed by atoms with Gasteiger partial charge in [0.2, 0.25) is 0 Å². The molecule has 0 amide bonds. The average Bonchev–Trinajstić information content (AvgIpc) is 3.45. The topological polar surface area (TPSA) is 83.5 Å². The van der Waals surface area contributed by atoms with Gasteiger partial charge in [-0.15, -0.1) is 0 Å². The van der Waals surface area contributed by atoms with Crippen LogP contribution in [-0.4, -0.2) is 30.9 Å². The number of fused-ring (bicyclic) bond motifs is 3. The molecule has 0 saturated carbocycles. The lowest BCUT2D eigenvalue weighted by atomic mass is 9.98. The Hall–Kier alpha value is -3.94.